The maximum absolute atomic E-state index is 13.1. The summed E-state index contributed by atoms with van der Waals surface area (Å²) in [6, 6.07) is 12.0. The maximum atomic E-state index is 13.1. The van der Waals surface area contributed by atoms with Gasteiger partial charge in [0.15, 0.2) is 0 Å². The van der Waals surface area contributed by atoms with E-state index in [1.807, 2.05) is 0 Å². The van der Waals surface area contributed by atoms with Crippen molar-refractivity contribution in [2.45, 2.75) is 11.9 Å². The van der Waals surface area contributed by atoms with Gasteiger partial charge in [-0.2, -0.15) is 13.2 Å². The van der Waals surface area contributed by atoms with E-state index >= 15 is 0 Å². The fourth-order valence-electron chi connectivity index (χ4n) is 2.16. The Hall–Kier alpha value is -1.38. The predicted octanol–water partition coefficient (Wildman–Crippen LogP) is 4.03. The molecule has 0 amide bonds. The first kappa shape index (κ1) is 15.5. The van der Waals surface area contributed by atoms with E-state index in [1.165, 1.54) is 16.2 Å². The van der Waals surface area contributed by atoms with Crippen molar-refractivity contribution < 1.29 is 18.3 Å². The molecular formula is C14H10BrF3N2OS. The number of aliphatic hydroxyl groups is 1. The summed E-state index contributed by atoms with van der Waals surface area (Å²) in [5.41, 5.74) is -2.56. The summed E-state index contributed by atoms with van der Waals surface area (Å²) in [4.78, 5) is 5.53. The van der Waals surface area contributed by atoms with Crippen molar-refractivity contribution >= 4 is 38.8 Å². The molecule has 0 spiro atoms. The van der Waals surface area contributed by atoms with E-state index in [0.717, 1.165) is 3.79 Å². The molecular weight excluding hydrogens is 381 g/mol. The van der Waals surface area contributed by atoms with Crippen LogP contribution in [0.3, 0.4) is 0 Å². The highest BCUT2D eigenvalue weighted by molar-refractivity contribution is 9.11. The number of aliphatic imine (C=N–C) groups is 1. The lowest BCUT2D eigenvalue weighted by Crippen LogP contribution is -2.47. The Morgan fingerprint density at radius 2 is 1.86 bits per heavy atom. The highest BCUT2D eigenvalue weighted by Crippen LogP contribution is 2.39. The minimum absolute atomic E-state index is 0.113. The molecule has 1 aliphatic rings. The number of nitrogens with zero attached hydrogens (tertiary/aromatic N) is 2. The highest BCUT2D eigenvalue weighted by Gasteiger charge is 2.59. The summed E-state index contributed by atoms with van der Waals surface area (Å²) in [6.45, 7) is -0.661. The van der Waals surface area contributed by atoms with Crippen LogP contribution in [0, 0.1) is 0 Å². The van der Waals surface area contributed by atoms with E-state index in [0.29, 0.717) is 10.6 Å². The molecule has 0 saturated carbocycles. The lowest BCUT2D eigenvalue weighted by atomic mass is 10.2. The first-order valence-electron chi connectivity index (χ1n) is 6.27. The van der Waals surface area contributed by atoms with E-state index in [-0.39, 0.29) is 5.84 Å². The third-order valence-corrected chi connectivity index (χ3v) is 4.86. The molecule has 0 saturated heterocycles. The van der Waals surface area contributed by atoms with Gasteiger partial charge in [0.2, 0.25) is 0 Å². The molecule has 1 aromatic heterocycles. The first-order chi connectivity index (χ1) is 10.3. The Balaban J connectivity index is 2.09. The summed E-state index contributed by atoms with van der Waals surface area (Å²) in [6.07, 6.45) is -4.84. The number of hydrogen-bond acceptors (Lipinski definition) is 4. The van der Waals surface area contributed by atoms with Gasteiger partial charge in [-0.3, -0.25) is 0 Å². The zero-order valence-electron chi connectivity index (χ0n) is 11.0. The van der Waals surface area contributed by atoms with Gasteiger partial charge in [-0.1, -0.05) is 18.2 Å². The van der Waals surface area contributed by atoms with Crippen molar-refractivity contribution in [1.29, 1.82) is 0 Å². The molecule has 2 aromatic rings. The van der Waals surface area contributed by atoms with Crippen LogP contribution in [0.25, 0.3) is 0 Å². The van der Waals surface area contributed by atoms with Gasteiger partial charge in [-0.05, 0) is 40.2 Å². The summed E-state index contributed by atoms with van der Waals surface area (Å²) in [5, 5.41) is 9.94. The van der Waals surface area contributed by atoms with Crippen LogP contribution >= 0.6 is 27.3 Å². The quantitative estimate of drug-likeness (QED) is 0.840. The van der Waals surface area contributed by atoms with Gasteiger partial charge in [0.1, 0.15) is 5.84 Å². The second kappa shape index (κ2) is 5.36. The smallest absolute Gasteiger partial charge is 0.361 e. The van der Waals surface area contributed by atoms with E-state index in [2.05, 4.69) is 20.9 Å². The number of benzene rings is 1. The Labute approximate surface area is 136 Å². The number of halogens is 4. The molecule has 0 bridgehead atoms. The van der Waals surface area contributed by atoms with Crippen molar-refractivity contribution in [3.63, 3.8) is 0 Å². The van der Waals surface area contributed by atoms with Crippen LogP contribution in [0.4, 0.5) is 18.9 Å². The van der Waals surface area contributed by atoms with E-state index in [1.54, 1.807) is 42.5 Å². The zero-order valence-corrected chi connectivity index (χ0v) is 13.4. The van der Waals surface area contributed by atoms with Gasteiger partial charge in [0.25, 0.3) is 5.72 Å². The number of alkyl halides is 3. The Kier molecular flexibility index (Phi) is 3.78. The van der Waals surface area contributed by atoms with Crippen LogP contribution in [-0.4, -0.2) is 29.4 Å². The number of anilines is 1. The van der Waals surface area contributed by atoms with E-state index < -0.39 is 18.4 Å². The SMILES string of the molecule is OC1(C(F)(F)F)CN(c2ccccc2)C(c2ccc(Br)s2)=N1. The summed E-state index contributed by atoms with van der Waals surface area (Å²) >= 11 is 4.54. The van der Waals surface area contributed by atoms with Gasteiger partial charge >= 0.3 is 6.18 Å². The number of thiophene rings is 1. The molecule has 1 atom stereocenters. The largest absolute Gasteiger partial charge is 0.440 e. The average molecular weight is 391 g/mol. The molecule has 2 heterocycles. The first-order valence-corrected chi connectivity index (χ1v) is 7.88. The van der Waals surface area contributed by atoms with Gasteiger partial charge in [0, 0.05) is 5.69 Å². The molecule has 0 fully saturated rings. The maximum Gasteiger partial charge on any atom is 0.440 e. The Morgan fingerprint density at radius 3 is 2.41 bits per heavy atom. The van der Waals surface area contributed by atoms with Crippen LogP contribution in [-0.2, 0) is 0 Å². The number of para-hydroxylation sites is 1. The number of β-amino-alcohol motifs (C(OH)–C–C–N with tert-alkyl or cyclic N) is 1. The van der Waals surface area contributed by atoms with Crippen molar-refractivity contribution in [3.05, 3.63) is 51.1 Å². The van der Waals surface area contributed by atoms with Gasteiger partial charge in [-0.25, -0.2) is 4.99 Å². The lowest BCUT2D eigenvalue weighted by Gasteiger charge is -2.25. The standard InChI is InChI=1S/C14H10BrF3N2OS/c15-11-7-6-10(22-11)12-19-13(21,14(16,17)18)8-20(12)9-4-2-1-3-5-9/h1-7,21H,8H2. The topological polar surface area (TPSA) is 35.8 Å². The molecule has 8 heteroatoms. The fourth-order valence-corrected chi connectivity index (χ4v) is 3.55. The fraction of sp³-hybridized carbons (Fsp3) is 0.214. The molecule has 1 aromatic carbocycles. The molecule has 3 rings (SSSR count). The normalized spacial score (nSPS) is 22.0. The number of amidine groups is 1. The van der Waals surface area contributed by atoms with Crippen molar-refractivity contribution in [2.24, 2.45) is 4.99 Å². The zero-order chi connectivity index (χ0) is 16.0. The second-order valence-corrected chi connectivity index (χ2v) is 7.24. The second-order valence-electron chi connectivity index (χ2n) is 4.78. The number of hydrogen-bond donors (Lipinski definition) is 1. The minimum Gasteiger partial charge on any atom is -0.361 e. The molecule has 0 aliphatic carbocycles. The molecule has 1 unspecified atom stereocenters. The minimum atomic E-state index is -4.84. The average Bonchev–Trinajstić information content (AvgIpc) is 3.04. The summed E-state index contributed by atoms with van der Waals surface area (Å²) in [5.74, 6) is 0.113. The van der Waals surface area contributed by atoms with Gasteiger partial charge in [0.05, 0.1) is 15.2 Å². The van der Waals surface area contributed by atoms with Crippen molar-refractivity contribution in [2.75, 3.05) is 11.4 Å². The van der Waals surface area contributed by atoms with Crippen molar-refractivity contribution in [3.8, 4) is 0 Å². The number of rotatable bonds is 2. The van der Waals surface area contributed by atoms with E-state index in [9.17, 15) is 18.3 Å². The molecule has 22 heavy (non-hydrogen) atoms. The van der Waals surface area contributed by atoms with Crippen LogP contribution in [0.1, 0.15) is 4.88 Å². The summed E-state index contributed by atoms with van der Waals surface area (Å²) in [7, 11) is 0. The van der Waals surface area contributed by atoms with Crippen LogP contribution in [0.5, 0.6) is 0 Å². The molecule has 1 aliphatic heterocycles. The van der Waals surface area contributed by atoms with Gasteiger partial charge in [-0.15, -0.1) is 11.3 Å². The Bertz CT molecular complexity index is 716. The molecule has 1 N–H and O–H groups in total. The van der Waals surface area contributed by atoms with Gasteiger partial charge < -0.3 is 10.0 Å². The van der Waals surface area contributed by atoms with Crippen molar-refractivity contribution in [1.82, 2.24) is 0 Å². The summed E-state index contributed by atoms with van der Waals surface area (Å²) < 4.78 is 40.2. The lowest BCUT2D eigenvalue weighted by molar-refractivity contribution is -0.249. The molecule has 3 nitrogen and oxygen atoms in total. The third-order valence-electron chi connectivity index (χ3n) is 3.24. The van der Waals surface area contributed by atoms with Crippen LogP contribution < -0.4 is 4.90 Å². The monoisotopic (exact) mass is 390 g/mol. The Morgan fingerprint density at radius 1 is 1.18 bits per heavy atom. The van der Waals surface area contributed by atoms with E-state index in [4.69, 9.17) is 0 Å². The highest BCUT2D eigenvalue weighted by atomic mass is 79.9. The third kappa shape index (κ3) is 2.66. The predicted molar refractivity (Wildman–Crippen MR) is 83.3 cm³/mol. The van der Waals surface area contributed by atoms with Crippen LogP contribution in [0.15, 0.2) is 51.2 Å². The molecule has 116 valence electrons. The van der Waals surface area contributed by atoms with Crippen LogP contribution in [0.2, 0.25) is 0 Å². The molecule has 0 radical (unpaired) electrons.